The molecule has 1 rings (SSSR count). The monoisotopic (exact) mass is 164 g/mol. The quantitative estimate of drug-likeness (QED) is 0.487. The van der Waals surface area contributed by atoms with Crippen LogP contribution in [0, 0.1) is 0 Å². The molecule has 0 bridgehead atoms. The maximum atomic E-state index is 13.0. The number of hydrogen-bond donors (Lipinski definition) is 2. The molecule has 5 heteroatoms. The van der Waals surface area contributed by atoms with Gasteiger partial charge in [-0.15, -0.1) is 0 Å². The van der Waals surface area contributed by atoms with Crippen molar-refractivity contribution < 1.29 is 24.1 Å². The molecule has 1 saturated heterocycles. The number of halogens is 1. The highest BCUT2D eigenvalue weighted by atomic mass is 19.1. The van der Waals surface area contributed by atoms with Crippen LogP contribution < -0.4 is 0 Å². The lowest BCUT2D eigenvalue weighted by molar-refractivity contribution is -0.150. The van der Waals surface area contributed by atoms with Gasteiger partial charge >= 0.3 is 5.97 Å². The Morgan fingerprint density at radius 2 is 2.36 bits per heavy atom. The van der Waals surface area contributed by atoms with Crippen molar-refractivity contribution in [3.05, 3.63) is 0 Å². The molecule has 1 aliphatic heterocycles. The molecule has 0 aromatic carbocycles. The van der Waals surface area contributed by atoms with E-state index in [1.807, 2.05) is 0 Å². The van der Waals surface area contributed by atoms with E-state index in [0.717, 1.165) is 6.92 Å². The summed E-state index contributed by atoms with van der Waals surface area (Å²) in [5.41, 5.74) is -2.38. The molecule has 1 fully saturated rings. The van der Waals surface area contributed by atoms with Crippen molar-refractivity contribution in [2.45, 2.75) is 24.8 Å². The Bertz CT molecular complexity index is 179. The van der Waals surface area contributed by atoms with E-state index >= 15 is 0 Å². The summed E-state index contributed by atoms with van der Waals surface area (Å²) in [6.45, 7) is 0.363. The number of aliphatic hydroxyl groups is 2. The van der Waals surface area contributed by atoms with E-state index in [2.05, 4.69) is 4.74 Å². The van der Waals surface area contributed by atoms with Gasteiger partial charge in [0.1, 0.15) is 6.10 Å². The van der Waals surface area contributed by atoms with E-state index in [9.17, 15) is 9.18 Å². The molecular formula is C6H9FO4. The van der Waals surface area contributed by atoms with E-state index in [1.54, 1.807) is 0 Å². The van der Waals surface area contributed by atoms with E-state index in [1.165, 1.54) is 0 Å². The number of cyclic esters (lactones) is 1. The maximum absolute atomic E-state index is 13.0. The van der Waals surface area contributed by atoms with E-state index in [4.69, 9.17) is 10.2 Å². The van der Waals surface area contributed by atoms with E-state index < -0.39 is 30.5 Å². The zero-order valence-corrected chi connectivity index (χ0v) is 5.95. The second-order valence-corrected chi connectivity index (χ2v) is 2.65. The highest BCUT2D eigenvalue weighted by molar-refractivity contribution is 5.82. The van der Waals surface area contributed by atoms with Gasteiger partial charge in [-0.3, -0.25) is 0 Å². The predicted molar refractivity (Wildman–Crippen MR) is 32.5 cm³/mol. The van der Waals surface area contributed by atoms with Gasteiger partial charge in [0.05, 0.1) is 6.61 Å². The largest absolute Gasteiger partial charge is 0.455 e. The fraction of sp³-hybridized carbons (Fsp3) is 0.833. The van der Waals surface area contributed by atoms with Crippen LogP contribution in [0.15, 0.2) is 0 Å². The molecule has 64 valence electrons. The number of carbonyl (C=O) groups excluding carboxylic acids is 1. The first-order valence-corrected chi connectivity index (χ1v) is 3.19. The van der Waals surface area contributed by atoms with Crippen LogP contribution in [0.3, 0.4) is 0 Å². The molecule has 4 nitrogen and oxygen atoms in total. The summed E-state index contributed by atoms with van der Waals surface area (Å²) in [4.78, 5) is 10.6. The number of rotatable bonds is 1. The van der Waals surface area contributed by atoms with Crippen LogP contribution in [0.4, 0.5) is 4.39 Å². The van der Waals surface area contributed by atoms with Crippen LogP contribution in [-0.4, -0.2) is 40.7 Å². The fourth-order valence-electron chi connectivity index (χ4n) is 0.924. The van der Waals surface area contributed by atoms with E-state index in [-0.39, 0.29) is 0 Å². The van der Waals surface area contributed by atoms with Crippen molar-refractivity contribution in [1.82, 2.24) is 0 Å². The molecule has 11 heavy (non-hydrogen) atoms. The third kappa shape index (κ3) is 1.10. The minimum Gasteiger partial charge on any atom is -0.455 e. The Morgan fingerprint density at radius 1 is 1.82 bits per heavy atom. The Morgan fingerprint density at radius 3 is 2.55 bits per heavy atom. The summed E-state index contributed by atoms with van der Waals surface area (Å²) in [6, 6.07) is 0. The smallest absolute Gasteiger partial charge is 0.346 e. The number of alkyl halides is 1. The lowest BCUT2D eigenvalue weighted by atomic mass is 10.0. The fourth-order valence-corrected chi connectivity index (χ4v) is 0.924. The van der Waals surface area contributed by atoms with Crippen LogP contribution >= 0.6 is 0 Å². The molecule has 0 saturated carbocycles. The molecule has 0 aliphatic carbocycles. The average Bonchev–Trinajstić information content (AvgIpc) is 2.14. The van der Waals surface area contributed by atoms with E-state index in [0.29, 0.717) is 0 Å². The van der Waals surface area contributed by atoms with Crippen molar-refractivity contribution in [2.75, 3.05) is 6.61 Å². The lowest BCUT2D eigenvalue weighted by Gasteiger charge is -2.14. The molecule has 0 radical (unpaired) electrons. The van der Waals surface area contributed by atoms with Crippen LogP contribution in [-0.2, 0) is 9.53 Å². The average molecular weight is 164 g/mol. The number of aliphatic hydroxyl groups excluding tert-OH is 2. The second kappa shape index (κ2) is 2.42. The van der Waals surface area contributed by atoms with Gasteiger partial charge in [-0.1, -0.05) is 0 Å². The van der Waals surface area contributed by atoms with Gasteiger partial charge in [0.15, 0.2) is 6.10 Å². The molecule has 0 aromatic heterocycles. The summed E-state index contributed by atoms with van der Waals surface area (Å²) in [7, 11) is 0. The predicted octanol–water partition coefficient (Wildman–Crippen LogP) is -1.01. The Kier molecular flexibility index (Phi) is 1.85. The van der Waals surface area contributed by atoms with Gasteiger partial charge in [-0.2, -0.15) is 0 Å². The van der Waals surface area contributed by atoms with Crippen LogP contribution in [0.5, 0.6) is 0 Å². The van der Waals surface area contributed by atoms with Gasteiger partial charge in [0.25, 0.3) is 0 Å². The van der Waals surface area contributed by atoms with Gasteiger partial charge in [-0.05, 0) is 6.92 Å². The summed E-state index contributed by atoms with van der Waals surface area (Å²) in [6.07, 6.45) is -2.70. The van der Waals surface area contributed by atoms with Gasteiger partial charge in [0, 0.05) is 0 Å². The van der Waals surface area contributed by atoms with Crippen LogP contribution in [0.1, 0.15) is 6.92 Å². The van der Waals surface area contributed by atoms with Gasteiger partial charge < -0.3 is 14.9 Å². The topological polar surface area (TPSA) is 66.8 Å². The Hall–Kier alpha value is -0.680. The second-order valence-electron chi connectivity index (χ2n) is 2.65. The minimum absolute atomic E-state index is 0.563. The first-order valence-electron chi connectivity index (χ1n) is 3.19. The maximum Gasteiger partial charge on any atom is 0.346 e. The molecule has 0 aromatic rings. The van der Waals surface area contributed by atoms with Crippen molar-refractivity contribution in [1.29, 1.82) is 0 Å². The molecular weight excluding hydrogens is 155 g/mol. The van der Waals surface area contributed by atoms with Crippen molar-refractivity contribution >= 4 is 5.97 Å². The number of esters is 1. The van der Waals surface area contributed by atoms with Crippen LogP contribution in [0.25, 0.3) is 0 Å². The zero-order chi connectivity index (χ0) is 8.65. The number of ether oxygens (including phenoxy) is 1. The molecule has 3 atom stereocenters. The summed E-state index contributed by atoms with van der Waals surface area (Å²) in [5.74, 6) is -1.12. The molecule has 1 aliphatic rings. The zero-order valence-electron chi connectivity index (χ0n) is 5.95. The third-order valence-electron chi connectivity index (χ3n) is 1.75. The molecule has 3 unspecified atom stereocenters. The standard InChI is InChI=1S/C6H9FO4/c1-6(7)4(9)3(2-8)11-5(6)10/h3-4,8-9H,2H2,1H3. The van der Waals surface area contributed by atoms with Gasteiger partial charge in [0.2, 0.25) is 5.67 Å². The van der Waals surface area contributed by atoms with Crippen molar-refractivity contribution in [2.24, 2.45) is 0 Å². The third-order valence-corrected chi connectivity index (χ3v) is 1.75. The first kappa shape index (κ1) is 8.42. The van der Waals surface area contributed by atoms with Gasteiger partial charge in [-0.25, -0.2) is 9.18 Å². The van der Waals surface area contributed by atoms with Crippen LogP contribution in [0.2, 0.25) is 0 Å². The lowest BCUT2D eigenvalue weighted by Crippen LogP contribution is -2.40. The molecule has 0 spiro atoms. The summed E-state index contributed by atoms with van der Waals surface area (Å²) >= 11 is 0. The highest BCUT2D eigenvalue weighted by Gasteiger charge is 2.54. The van der Waals surface area contributed by atoms with Crippen molar-refractivity contribution in [3.8, 4) is 0 Å². The molecule has 0 amide bonds. The number of carbonyl (C=O) groups is 1. The summed E-state index contributed by atoms with van der Waals surface area (Å²) < 4.78 is 17.3. The minimum atomic E-state index is -2.38. The summed E-state index contributed by atoms with van der Waals surface area (Å²) in [5, 5.41) is 17.5. The Balaban J connectivity index is 2.80. The van der Waals surface area contributed by atoms with Crippen molar-refractivity contribution in [3.63, 3.8) is 0 Å². The highest BCUT2D eigenvalue weighted by Crippen LogP contribution is 2.29. The Labute approximate surface area is 62.6 Å². The molecule has 2 N–H and O–H groups in total. The molecule has 1 heterocycles. The normalized spacial score (nSPS) is 44.2. The first-order chi connectivity index (χ1) is 5.00. The SMILES string of the molecule is CC1(F)C(=O)OC(CO)C1O. The number of hydrogen-bond acceptors (Lipinski definition) is 4.